The number of halogens is 2. The lowest BCUT2D eigenvalue weighted by Crippen LogP contribution is -2.26. The third-order valence-corrected chi connectivity index (χ3v) is 4.93. The van der Waals surface area contributed by atoms with Crippen molar-refractivity contribution in [1.29, 1.82) is 5.26 Å². The lowest BCUT2D eigenvalue weighted by atomic mass is 10.1. The van der Waals surface area contributed by atoms with E-state index in [1.54, 1.807) is 24.3 Å². The van der Waals surface area contributed by atoms with E-state index in [2.05, 4.69) is 5.32 Å². The summed E-state index contributed by atoms with van der Waals surface area (Å²) >= 11 is 12.1. The molecule has 0 unspecified atom stereocenters. The van der Waals surface area contributed by atoms with Crippen molar-refractivity contribution in [2.45, 2.75) is 13.0 Å². The highest BCUT2D eigenvalue weighted by Gasteiger charge is 2.11. The predicted molar refractivity (Wildman–Crippen MR) is 124 cm³/mol. The maximum Gasteiger partial charge on any atom is 0.261 e. The van der Waals surface area contributed by atoms with Crippen molar-refractivity contribution in [2.75, 3.05) is 6.54 Å². The number of carbonyl (C=O) groups excluding carboxylic acids is 1. The SMILES string of the molecule is N#C/C(=C\c1cc(Cl)ccc1OCc1cccc(Cl)c1)C(=O)NCCc1ccccc1. The maximum absolute atomic E-state index is 12.5. The van der Waals surface area contributed by atoms with E-state index in [1.165, 1.54) is 6.08 Å². The molecule has 156 valence electrons. The second-order valence-electron chi connectivity index (χ2n) is 6.76. The molecule has 0 aliphatic heterocycles. The minimum atomic E-state index is -0.445. The van der Waals surface area contributed by atoms with Gasteiger partial charge in [-0.1, -0.05) is 65.7 Å². The van der Waals surface area contributed by atoms with Crippen LogP contribution < -0.4 is 10.1 Å². The highest BCUT2D eigenvalue weighted by atomic mass is 35.5. The third-order valence-electron chi connectivity index (χ3n) is 4.46. The average molecular weight is 451 g/mol. The molecule has 3 aromatic rings. The molecule has 0 radical (unpaired) electrons. The molecule has 0 aliphatic carbocycles. The molecule has 0 bridgehead atoms. The molecule has 0 fully saturated rings. The molecule has 6 heteroatoms. The zero-order valence-corrected chi connectivity index (χ0v) is 18.2. The Morgan fingerprint density at radius 1 is 0.968 bits per heavy atom. The van der Waals surface area contributed by atoms with Gasteiger partial charge in [0.1, 0.15) is 24.0 Å². The molecule has 4 nitrogen and oxygen atoms in total. The lowest BCUT2D eigenvalue weighted by Gasteiger charge is -2.11. The molecule has 1 N–H and O–H groups in total. The Bertz CT molecular complexity index is 1120. The quantitative estimate of drug-likeness (QED) is 0.346. The molecule has 3 aromatic carbocycles. The van der Waals surface area contributed by atoms with Crippen LogP contribution >= 0.6 is 23.2 Å². The van der Waals surface area contributed by atoms with E-state index >= 15 is 0 Å². The molecular weight excluding hydrogens is 431 g/mol. The van der Waals surface area contributed by atoms with Gasteiger partial charge in [-0.05, 0) is 54.0 Å². The van der Waals surface area contributed by atoms with Gasteiger partial charge in [0, 0.05) is 22.2 Å². The summed E-state index contributed by atoms with van der Waals surface area (Å²) in [6.45, 7) is 0.712. The van der Waals surface area contributed by atoms with E-state index in [9.17, 15) is 10.1 Å². The number of hydrogen-bond acceptors (Lipinski definition) is 3. The molecule has 3 rings (SSSR count). The maximum atomic E-state index is 12.5. The van der Waals surface area contributed by atoms with Crippen LogP contribution in [0.1, 0.15) is 16.7 Å². The van der Waals surface area contributed by atoms with Crippen molar-refractivity contribution in [3.63, 3.8) is 0 Å². The van der Waals surface area contributed by atoms with E-state index < -0.39 is 5.91 Å². The number of amides is 1. The molecule has 0 aliphatic rings. The van der Waals surface area contributed by atoms with Gasteiger partial charge in [-0.25, -0.2) is 0 Å². The predicted octanol–water partition coefficient (Wildman–Crippen LogP) is 5.84. The number of nitrogens with one attached hydrogen (secondary N) is 1. The number of carbonyl (C=O) groups is 1. The molecule has 0 atom stereocenters. The van der Waals surface area contributed by atoms with Crippen LogP contribution in [-0.4, -0.2) is 12.5 Å². The lowest BCUT2D eigenvalue weighted by molar-refractivity contribution is -0.117. The van der Waals surface area contributed by atoms with Crippen molar-refractivity contribution in [3.8, 4) is 11.8 Å². The van der Waals surface area contributed by atoms with E-state index in [-0.39, 0.29) is 12.2 Å². The topological polar surface area (TPSA) is 62.1 Å². The first-order chi connectivity index (χ1) is 15.0. The van der Waals surface area contributed by atoms with Gasteiger partial charge in [0.05, 0.1) is 0 Å². The molecular formula is C25H20Cl2N2O2. The summed E-state index contributed by atoms with van der Waals surface area (Å²) < 4.78 is 5.89. The Morgan fingerprint density at radius 2 is 1.71 bits per heavy atom. The molecule has 0 spiro atoms. The van der Waals surface area contributed by atoms with E-state index in [0.717, 1.165) is 11.1 Å². The highest BCUT2D eigenvalue weighted by molar-refractivity contribution is 6.31. The molecule has 0 saturated carbocycles. The summed E-state index contributed by atoms with van der Waals surface area (Å²) in [5.41, 5.74) is 2.53. The Labute approximate surface area is 191 Å². The van der Waals surface area contributed by atoms with Crippen molar-refractivity contribution in [1.82, 2.24) is 5.32 Å². The van der Waals surface area contributed by atoms with Gasteiger partial charge in [0.15, 0.2) is 0 Å². The first-order valence-electron chi connectivity index (χ1n) is 9.66. The zero-order chi connectivity index (χ0) is 22.1. The number of nitrogens with zero attached hydrogens (tertiary/aromatic N) is 1. The summed E-state index contributed by atoms with van der Waals surface area (Å²) in [6, 6.07) is 24.2. The fourth-order valence-corrected chi connectivity index (χ4v) is 3.31. The summed E-state index contributed by atoms with van der Waals surface area (Å²) in [4.78, 5) is 12.5. The smallest absolute Gasteiger partial charge is 0.261 e. The average Bonchev–Trinajstić information content (AvgIpc) is 2.77. The van der Waals surface area contributed by atoms with Crippen molar-refractivity contribution < 1.29 is 9.53 Å². The van der Waals surface area contributed by atoms with E-state index in [0.29, 0.717) is 34.3 Å². The monoisotopic (exact) mass is 450 g/mol. The summed E-state index contributed by atoms with van der Waals surface area (Å²) in [5.74, 6) is 0.0633. The number of benzene rings is 3. The molecule has 1 amide bonds. The molecule has 0 heterocycles. The van der Waals surface area contributed by atoms with Gasteiger partial charge in [-0.3, -0.25) is 4.79 Å². The van der Waals surface area contributed by atoms with Crippen molar-refractivity contribution in [3.05, 3.63) is 105 Å². The standard InChI is InChI=1S/C25H20Cl2N2O2/c26-22-8-4-7-19(13-22)17-31-24-10-9-23(27)15-20(24)14-21(16-28)25(30)29-12-11-18-5-2-1-3-6-18/h1-10,13-15H,11-12,17H2,(H,29,30)/b21-14+. The number of hydrogen-bond donors (Lipinski definition) is 1. The number of rotatable bonds is 8. The van der Waals surface area contributed by atoms with Crippen LogP contribution in [0.3, 0.4) is 0 Å². The highest BCUT2D eigenvalue weighted by Crippen LogP contribution is 2.26. The summed E-state index contributed by atoms with van der Waals surface area (Å²) in [5, 5.41) is 13.4. The molecule has 0 saturated heterocycles. The van der Waals surface area contributed by atoms with Gasteiger partial charge in [-0.15, -0.1) is 0 Å². The molecule has 31 heavy (non-hydrogen) atoms. The normalized spacial score (nSPS) is 10.9. The first-order valence-corrected chi connectivity index (χ1v) is 10.4. The van der Waals surface area contributed by atoms with Crippen molar-refractivity contribution >= 4 is 35.2 Å². The van der Waals surface area contributed by atoms with E-state index in [4.69, 9.17) is 27.9 Å². The van der Waals surface area contributed by atoms with Crippen molar-refractivity contribution in [2.24, 2.45) is 0 Å². The minimum absolute atomic E-state index is 0.0251. The van der Waals surface area contributed by atoms with Crippen LogP contribution in [0.2, 0.25) is 10.0 Å². The van der Waals surface area contributed by atoms with Gasteiger partial charge < -0.3 is 10.1 Å². The largest absolute Gasteiger partial charge is 0.488 e. The zero-order valence-electron chi connectivity index (χ0n) is 16.6. The Morgan fingerprint density at radius 3 is 2.45 bits per heavy atom. The number of ether oxygens (including phenoxy) is 1. The number of nitriles is 1. The second-order valence-corrected chi connectivity index (χ2v) is 7.63. The van der Waals surface area contributed by atoms with Gasteiger partial charge in [0.25, 0.3) is 5.91 Å². The molecule has 0 aromatic heterocycles. The van der Waals surface area contributed by atoms with Crippen LogP contribution in [0.5, 0.6) is 5.75 Å². The van der Waals surface area contributed by atoms with E-state index in [1.807, 2.05) is 54.6 Å². The van der Waals surface area contributed by atoms with Crippen LogP contribution in [0.25, 0.3) is 6.08 Å². The minimum Gasteiger partial charge on any atom is -0.488 e. The Hall–Kier alpha value is -3.26. The van der Waals surface area contributed by atoms with Crippen LogP contribution in [-0.2, 0) is 17.8 Å². The van der Waals surface area contributed by atoms with Crippen LogP contribution in [0, 0.1) is 11.3 Å². The fraction of sp³-hybridized carbons (Fsp3) is 0.120. The third kappa shape index (κ3) is 6.89. The second kappa shape index (κ2) is 11.2. The Kier molecular flexibility index (Phi) is 8.12. The fourth-order valence-electron chi connectivity index (χ4n) is 2.92. The van der Waals surface area contributed by atoms with Gasteiger partial charge >= 0.3 is 0 Å². The Balaban J connectivity index is 1.70. The van der Waals surface area contributed by atoms with Crippen LogP contribution in [0.4, 0.5) is 0 Å². The van der Waals surface area contributed by atoms with Gasteiger partial charge in [0.2, 0.25) is 0 Å². The summed E-state index contributed by atoms with van der Waals surface area (Å²) in [7, 11) is 0. The summed E-state index contributed by atoms with van der Waals surface area (Å²) in [6.07, 6.45) is 2.16. The van der Waals surface area contributed by atoms with Crippen LogP contribution in [0.15, 0.2) is 78.4 Å². The first kappa shape index (κ1) is 22.4. The van der Waals surface area contributed by atoms with Gasteiger partial charge in [-0.2, -0.15) is 5.26 Å².